The second-order valence-electron chi connectivity index (χ2n) is 5.70. The Hall–Kier alpha value is -0.480. The SMILES string of the molecule is OC(CNCC1CCCCC1)COc1ccc(Cl)c(Cl)c1. The number of benzene rings is 1. The van der Waals surface area contributed by atoms with Crippen LogP contribution in [0.4, 0.5) is 0 Å². The minimum atomic E-state index is -0.525. The van der Waals surface area contributed by atoms with E-state index in [0.29, 0.717) is 22.3 Å². The van der Waals surface area contributed by atoms with Crippen LogP contribution in [0.3, 0.4) is 0 Å². The highest BCUT2D eigenvalue weighted by molar-refractivity contribution is 6.42. The second kappa shape index (κ2) is 8.84. The minimum absolute atomic E-state index is 0.246. The van der Waals surface area contributed by atoms with Gasteiger partial charge in [-0.15, -0.1) is 0 Å². The lowest BCUT2D eigenvalue weighted by Gasteiger charge is -2.22. The van der Waals surface area contributed by atoms with Gasteiger partial charge in [0, 0.05) is 12.6 Å². The van der Waals surface area contributed by atoms with Gasteiger partial charge in [0.1, 0.15) is 18.5 Å². The van der Waals surface area contributed by atoms with E-state index < -0.39 is 6.10 Å². The molecule has 1 unspecified atom stereocenters. The van der Waals surface area contributed by atoms with Gasteiger partial charge in [-0.1, -0.05) is 42.5 Å². The number of nitrogens with one attached hydrogen (secondary N) is 1. The van der Waals surface area contributed by atoms with Crippen molar-refractivity contribution in [3.05, 3.63) is 28.2 Å². The van der Waals surface area contributed by atoms with Crippen molar-refractivity contribution in [2.24, 2.45) is 5.92 Å². The van der Waals surface area contributed by atoms with Crippen molar-refractivity contribution in [2.75, 3.05) is 19.7 Å². The highest BCUT2D eigenvalue weighted by Gasteiger charge is 2.13. The Labute approximate surface area is 136 Å². The van der Waals surface area contributed by atoms with Crippen LogP contribution in [0.25, 0.3) is 0 Å². The maximum atomic E-state index is 9.92. The van der Waals surface area contributed by atoms with Gasteiger partial charge in [0.2, 0.25) is 0 Å². The van der Waals surface area contributed by atoms with Crippen LogP contribution in [0.2, 0.25) is 10.0 Å². The fourth-order valence-electron chi connectivity index (χ4n) is 2.66. The molecule has 2 rings (SSSR count). The van der Waals surface area contributed by atoms with Gasteiger partial charge in [0.15, 0.2) is 0 Å². The summed E-state index contributed by atoms with van der Waals surface area (Å²) in [5.41, 5.74) is 0. The fraction of sp³-hybridized carbons (Fsp3) is 0.625. The molecule has 1 aliphatic rings. The Bertz CT molecular complexity index is 436. The third-order valence-electron chi connectivity index (χ3n) is 3.87. The molecular weight excluding hydrogens is 309 g/mol. The van der Waals surface area contributed by atoms with Crippen LogP contribution in [0, 0.1) is 5.92 Å². The monoisotopic (exact) mass is 331 g/mol. The van der Waals surface area contributed by atoms with E-state index in [1.165, 1.54) is 32.1 Å². The van der Waals surface area contributed by atoms with E-state index in [-0.39, 0.29) is 6.61 Å². The molecular formula is C16H23Cl2NO2. The van der Waals surface area contributed by atoms with Crippen LogP contribution in [0.5, 0.6) is 5.75 Å². The topological polar surface area (TPSA) is 41.5 Å². The van der Waals surface area contributed by atoms with Crippen LogP contribution < -0.4 is 10.1 Å². The van der Waals surface area contributed by atoms with E-state index in [9.17, 15) is 5.11 Å². The van der Waals surface area contributed by atoms with Crippen molar-refractivity contribution in [3.63, 3.8) is 0 Å². The average Bonchev–Trinajstić information content (AvgIpc) is 2.49. The Morgan fingerprint density at radius 1 is 1.19 bits per heavy atom. The Balaban J connectivity index is 1.62. The summed E-state index contributed by atoms with van der Waals surface area (Å²) in [7, 11) is 0. The minimum Gasteiger partial charge on any atom is -0.491 e. The Morgan fingerprint density at radius 2 is 1.95 bits per heavy atom. The zero-order chi connectivity index (χ0) is 15.1. The first kappa shape index (κ1) is 16.9. The molecule has 118 valence electrons. The van der Waals surface area contributed by atoms with Crippen molar-refractivity contribution in [1.82, 2.24) is 5.32 Å². The molecule has 1 saturated carbocycles. The van der Waals surface area contributed by atoms with Crippen molar-refractivity contribution >= 4 is 23.2 Å². The fourth-order valence-corrected chi connectivity index (χ4v) is 2.95. The Kier molecular flexibility index (Phi) is 7.11. The molecule has 1 fully saturated rings. The standard InChI is InChI=1S/C16H23Cl2NO2/c17-15-7-6-14(8-16(15)18)21-11-13(20)10-19-9-12-4-2-1-3-5-12/h6-8,12-13,19-20H,1-5,9-11H2. The summed E-state index contributed by atoms with van der Waals surface area (Å²) >= 11 is 11.8. The van der Waals surface area contributed by atoms with Gasteiger partial charge in [-0.25, -0.2) is 0 Å². The van der Waals surface area contributed by atoms with Crippen molar-refractivity contribution in [3.8, 4) is 5.75 Å². The van der Waals surface area contributed by atoms with E-state index in [1.54, 1.807) is 18.2 Å². The number of hydrogen-bond donors (Lipinski definition) is 2. The molecule has 0 bridgehead atoms. The summed E-state index contributed by atoms with van der Waals surface area (Å²) in [4.78, 5) is 0. The van der Waals surface area contributed by atoms with Crippen LogP contribution in [0.15, 0.2) is 18.2 Å². The molecule has 21 heavy (non-hydrogen) atoms. The zero-order valence-electron chi connectivity index (χ0n) is 12.2. The highest BCUT2D eigenvalue weighted by Crippen LogP contribution is 2.26. The average molecular weight is 332 g/mol. The zero-order valence-corrected chi connectivity index (χ0v) is 13.7. The lowest BCUT2D eigenvalue weighted by molar-refractivity contribution is 0.105. The molecule has 1 aromatic rings. The molecule has 1 aliphatic carbocycles. The van der Waals surface area contributed by atoms with Gasteiger partial charge < -0.3 is 15.2 Å². The third kappa shape index (κ3) is 6.03. The molecule has 0 aliphatic heterocycles. The summed E-state index contributed by atoms with van der Waals surface area (Å²) < 4.78 is 5.51. The maximum absolute atomic E-state index is 9.92. The van der Waals surface area contributed by atoms with Crippen LogP contribution in [-0.2, 0) is 0 Å². The first-order valence-electron chi connectivity index (χ1n) is 7.62. The van der Waals surface area contributed by atoms with E-state index in [2.05, 4.69) is 5.32 Å². The van der Waals surface area contributed by atoms with Gasteiger partial charge in [-0.2, -0.15) is 0 Å². The second-order valence-corrected chi connectivity index (χ2v) is 6.52. The van der Waals surface area contributed by atoms with Crippen molar-refractivity contribution < 1.29 is 9.84 Å². The highest BCUT2D eigenvalue weighted by atomic mass is 35.5. The summed E-state index contributed by atoms with van der Waals surface area (Å²) in [6.07, 6.45) is 6.15. The molecule has 0 aromatic heterocycles. The molecule has 3 nitrogen and oxygen atoms in total. The van der Waals surface area contributed by atoms with Crippen LogP contribution >= 0.6 is 23.2 Å². The number of halogens is 2. The van der Waals surface area contributed by atoms with E-state index >= 15 is 0 Å². The quantitative estimate of drug-likeness (QED) is 0.796. The van der Waals surface area contributed by atoms with Gasteiger partial charge in [0.25, 0.3) is 0 Å². The lowest BCUT2D eigenvalue weighted by atomic mass is 9.89. The van der Waals surface area contributed by atoms with Gasteiger partial charge in [-0.05, 0) is 37.4 Å². The van der Waals surface area contributed by atoms with Crippen LogP contribution in [-0.4, -0.2) is 30.9 Å². The molecule has 5 heteroatoms. The smallest absolute Gasteiger partial charge is 0.121 e. The summed E-state index contributed by atoms with van der Waals surface area (Å²) in [6, 6.07) is 5.09. The number of ether oxygens (including phenoxy) is 1. The number of rotatable bonds is 7. The number of aliphatic hydroxyl groups excluding tert-OH is 1. The molecule has 1 atom stereocenters. The molecule has 0 radical (unpaired) electrons. The summed E-state index contributed by atoms with van der Waals surface area (Å²) in [5.74, 6) is 1.39. The van der Waals surface area contributed by atoms with Crippen molar-refractivity contribution in [2.45, 2.75) is 38.2 Å². The predicted molar refractivity (Wildman–Crippen MR) is 87.4 cm³/mol. The predicted octanol–water partition coefficient (Wildman–Crippen LogP) is 3.90. The first-order valence-corrected chi connectivity index (χ1v) is 8.37. The third-order valence-corrected chi connectivity index (χ3v) is 4.61. The molecule has 0 saturated heterocycles. The van der Waals surface area contributed by atoms with Gasteiger partial charge >= 0.3 is 0 Å². The molecule has 0 spiro atoms. The molecule has 2 N–H and O–H groups in total. The summed E-state index contributed by atoms with van der Waals surface area (Å²) in [6.45, 7) is 1.79. The Morgan fingerprint density at radius 3 is 2.67 bits per heavy atom. The lowest BCUT2D eigenvalue weighted by Crippen LogP contribution is -2.34. The maximum Gasteiger partial charge on any atom is 0.121 e. The first-order chi connectivity index (χ1) is 10.1. The number of aliphatic hydroxyl groups is 1. The van der Waals surface area contributed by atoms with Gasteiger partial charge in [0.05, 0.1) is 10.0 Å². The molecule has 1 aromatic carbocycles. The van der Waals surface area contributed by atoms with E-state index in [4.69, 9.17) is 27.9 Å². The molecule has 0 heterocycles. The van der Waals surface area contributed by atoms with Gasteiger partial charge in [-0.3, -0.25) is 0 Å². The van der Waals surface area contributed by atoms with E-state index in [0.717, 1.165) is 12.5 Å². The normalized spacial score (nSPS) is 17.7. The number of hydrogen-bond acceptors (Lipinski definition) is 3. The van der Waals surface area contributed by atoms with Crippen molar-refractivity contribution in [1.29, 1.82) is 0 Å². The summed E-state index contributed by atoms with van der Waals surface area (Å²) in [5, 5.41) is 14.2. The van der Waals surface area contributed by atoms with Crippen LogP contribution in [0.1, 0.15) is 32.1 Å². The molecule has 0 amide bonds. The van der Waals surface area contributed by atoms with E-state index in [1.807, 2.05) is 0 Å². The largest absolute Gasteiger partial charge is 0.491 e.